The maximum Gasteiger partial charge on any atom is 0.419 e. The van der Waals surface area contributed by atoms with E-state index in [1.807, 2.05) is 0 Å². The smallest absolute Gasteiger partial charge is 0.368 e. The maximum absolute atomic E-state index is 12.7. The fourth-order valence-corrected chi connectivity index (χ4v) is 1.90. The molecular weight excluding hydrogens is 307 g/mol. The predicted molar refractivity (Wildman–Crippen MR) is 70.0 cm³/mol. The van der Waals surface area contributed by atoms with Gasteiger partial charge in [-0.15, -0.1) is 0 Å². The van der Waals surface area contributed by atoms with Gasteiger partial charge < -0.3 is 10.6 Å². The molecule has 112 valence electrons. The molecule has 2 heterocycles. The second-order valence-electron chi connectivity index (χ2n) is 3.87. The van der Waals surface area contributed by atoms with E-state index in [1.54, 1.807) is 0 Å². The first kappa shape index (κ1) is 15.2. The molecule has 2 aromatic rings. The zero-order valence-electron chi connectivity index (χ0n) is 10.5. The van der Waals surface area contributed by atoms with Crippen LogP contribution in [0.4, 0.5) is 19.0 Å². The molecule has 0 bridgehead atoms. The summed E-state index contributed by atoms with van der Waals surface area (Å²) in [6, 6.07) is 2.15. The topological polar surface area (TPSA) is 79.8 Å². The Bertz CT molecular complexity index is 602. The molecule has 0 saturated heterocycles. The lowest BCUT2D eigenvalue weighted by molar-refractivity contribution is -0.137. The second-order valence-corrected chi connectivity index (χ2v) is 4.43. The standard InChI is InChI=1S/C11H10F3N5OS/c12-11(13,14)7-2-1-3-15-9(7)16-4-5-17-10(20)8-6-18-21-19-8/h1-3,6H,4-5H2,(H,15,16)(H,17,20). The van der Waals surface area contributed by atoms with Gasteiger partial charge in [-0.1, -0.05) is 0 Å². The average molecular weight is 317 g/mol. The summed E-state index contributed by atoms with van der Waals surface area (Å²) in [5.74, 6) is -0.697. The molecule has 1 amide bonds. The van der Waals surface area contributed by atoms with Crippen molar-refractivity contribution in [3.63, 3.8) is 0 Å². The zero-order chi connectivity index (χ0) is 15.3. The molecule has 0 radical (unpaired) electrons. The van der Waals surface area contributed by atoms with E-state index in [1.165, 1.54) is 18.5 Å². The Labute approximate surface area is 121 Å². The third-order valence-electron chi connectivity index (χ3n) is 2.41. The molecule has 0 fully saturated rings. The number of halogens is 3. The number of amides is 1. The Balaban J connectivity index is 1.86. The molecular formula is C11H10F3N5OS. The molecule has 2 rings (SSSR count). The fourth-order valence-electron chi connectivity index (χ4n) is 1.49. The number of hydrogen-bond donors (Lipinski definition) is 2. The van der Waals surface area contributed by atoms with Gasteiger partial charge in [-0.3, -0.25) is 4.79 Å². The summed E-state index contributed by atoms with van der Waals surface area (Å²) in [6.45, 7) is 0.230. The Morgan fingerprint density at radius 3 is 2.81 bits per heavy atom. The lowest BCUT2D eigenvalue weighted by Crippen LogP contribution is -2.29. The number of carbonyl (C=O) groups excluding carboxylic acids is 1. The van der Waals surface area contributed by atoms with Gasteiger partial charge in [-0.05, 0) is 12.1 Å². The summed E-state index contributed by atoms with van der Waals surface area (Å²) in [7, 11) is 0. The van der Waals surface area contributed by atoms with Crippen molar-refractivity contribution in [2.75, 3.05) is 18.4 Å². The first-order valence-electron chi connectivity index (χ1n) is 5.80. The zero-order valence-corrected chi connectivity index (χ0v) is 11.3. The molecule has 10 heteroatoms. The normalized spacial score (nSPS) is 11.2. The van der Waals surface area contributed by atoms with Crippen molar-refractivity contribution in [3.8, 4) is 0 Å². The van der Waals surface area contributed by atoms with E-state index < -0.39 is 17.6 Å². The molecule has 0 aliphatic carbocycles. The van der Waals surface area contributed by atoms with Gasteiger partial charge in [0.25, 0.3) is 5.91 Å². The highest BCUT2D eigenvalue weighted by Gasteiger charge is 2.33. The van der Waals surface area contributed by atoms with Crippen LogP contribution in [0.5, 0.6) is 0 Å². The number of hydrogen-bond acceptors (Lipinski definition) is 6. The van der Waals surface area contributed by atoms with Crippen LogP contribution in [0.25, 0.3) is 0 Å². The van der Waals surface area contributed by atoms with Crippen molar-refractivity contribution in [1.82, 2.24) is 19.0 Å². The second kappa shape index (κ2) is 6.48. The molecule has 0 aliphatic heterocycles. The largest absolute Gasteiger partial charge is 0.419 e. The highest BCUT2D eigenvalue weighted by molar-refractivity contribution is 6.99. The minimum Gasteiger partial charge on any atom is -0.368 e. The lowest BCUT2D eigenvalue weighted by atomic mass is 10.2. The van der Waals surface area contributed by atoms with Gasteiger partial charge in [0.15, 0.2) is 5.69 Å². The molecule has 0 aromatic carbocycles. The van der Waals surface area contributed by atoms with Crippen molar-refractivity contribution in [3.05, 3.63) is 35.8 Å². The lowest BCUT2D eigenvalue weighted by Gasteiger charge is -2.13. The highest BCUT2D eigenvalue weighted by Crippen LogP contribution is 2.33. The quantitative estimate of drug-likeness (QED) is 0.822. The highest BCUT2D eigenvalue weighted by atomic mass is 32.1. The van der Waals surface area contributed by atoms with Crippen LogP contribution < -0.4 is 10.6 Å². The van der Waals surface area contributed by atoms with Crippen molar-refractivity contribution in [2.45, 2.75) is 6.18 Å². The van der Waals surface area contributed by atoms with Crippen LogP contribution in [-0.4, -0.2) is 32.7 Å². The van der Waals surface area contributed by atoms with Crippen LogP contribution in [0, 0.1) is 0 Å². The molecule has 0 spiro atoms. The van der Waals surface area contributed by atoms with E-state index >= 15 is 0 Å². The first-order valence-corrected chi connectivity index (χ1v) is 6.53. The Kier molecular flexibility index (Phi) is 4.68. The molecule has 0 atom stereocenters. The van der Waals surface area contributed by atoms with Crippen LogP contribution >= 0.6 is 11.7 Å². The van der Waals surface area contributed by atoms with Crippen molar-refractivity contribution in [2.24, 2.45) is 0 Å². The van der Waals surface area contributed by atoms with E-state index in [0.29, 0.717) is 0 Å². The Morgan fingerprint density at radius 1 is 1.33 bits per heavy atom. The van der Waals surface area contributed by atoms with Gasteiger partial charge in [0, 0.05) is 19.3 Å². The van der Waals surface area contributed by atoms with Crippen LogP contribution in [0.2, 0.25) is 0 Å². The van der Waals surface area contributed by atoms with Crippen LogP contribution in [0.1, 0.15) is 16.1 Å². The van der Waals surface area contributed by atoms with Crippen molar-refractivity contribution < 1.29 is 18.0 Å². The molecule has 0 unspecified atom stereocenters. The number of alkyl halides is 3. The van der Waals surface area contributed by atoms with Crippen molar-refractivity contribution in [1.29, 1.82) is 0 Å². The Hall–Kier alpha value is -2.23. The number of pyridine rings is 1. The van der Waals surface area contributed by atoms with Gasteiger partial charge >= 0.3 is 6.18 Å². The monoisotopic (exact) mass is 317 g/mol. The minimum absolute atomic E-state index is 0.101. The predicted octanol–water partition coefficient (Wildman–Crippen LogP) is 1.79. The summed E-state index contributed by atoms with van der Waals surface area (Å²) >= 11 is 0.897. The maximum atomic E-state index is 12.7. The number of rotatable bonds is 5. The van der Waals surface area contributed by atoms with E-state index in [4.69, 9.17) is 0 Å². The van der Waals surface area contributed by atoms with Gasteiger partial charge in [0.2, 0.25) is 0 Å². The Morgan fingerprint density at radius 2 is 2.14 bits per heavy atom. The molecule has 21 heavy (non-hydrogen) atoms. The number of carbonyl (C=O) groups is 1. The van der Waals surface area contributed by atoms with E-state index in [9.17, 15) is 18.0 Å². The molecule has 0 saturated carbocycles. The summed E-state index contributed by atoms with van der Waals surface area (Å²) in [4.78, 5) is 15.2. The summed E-state index contributed by atoms with van der Waals surface area (Å²) in [5, 5.41) is 5.05. The van der Waals surface area contributed by atoms with E-state index in [2.05, 4.69) is 24.4 Å². The summed E-state index contributed by atoms with van der Waals surface area (Å²) in [5.41, 5.74) is -0.672. The van der Waals surface area contributed by atoms with Gasteiger partial charge in [-0.25, -0.2) is 4.98 Å². The molecule has 0 aliphatic rings. The molecule has 6 nitrogen and oxygen atoms in total. The van der Waals surface area contributed by atoms with Gasteiger partial charge in [-0.2, -0.15) is 21.9 Å². The summed E-state index contributed by atoms with van der Waals surface area (Å²) < 4.78 is 45.5. The number of nitrogens with one attached hydrogen (secondary N) is 2. The molecule has 2 N–H and O–H groups in total. The SMILES string of the molecule is O=C(NCCNc1ncccc1C(F)(F)F)c1cnsn1. The third kappa shape index (κ3) is 4.12. The van der Waals surface area contributed by atoms with Crippen LogP contribution in [0.15, 0.2) is 24.5 Å². The van der Waals surface area contributed by atoms with Gasteiger partial charge in [0.1, 0.15) is 5.82 Å². The van der Waals surface area contributed by atoms with Crippen molar-refractivity contribution >= 4 is 23.5 Å². The van der Waals surface area contributed by atoms with Gasteiger partial charge in [0.05, 0.1) is 23.5 Å². The molecule has 2 aromatic heterocycles. The fraction of sp³-hybridized carbons (Fsp3) is 0.273. The van der Waals surface area contributed by atoms with E-state index in [0.717, 1.165) is 17.8 Å². The average Bonchev–Trinajstić information content (AvgIpc) is 2.97. The van der Waals surface area contributed by atoms with E-state index in [-0.39, 0.29) is 24.6 Å². The number of anilines is 1. The number of aromatic nitrogens is 3. The van der Waals surface area contributed by atoms with Crippen LogP contribution in [0.3, 0.4) is 0 Å². The summed E-state index contributed by atoms with van der Waals surface area (Å²) in [6.07, 6.45) is -1.91. The number of nitrogens with zero attached hydrogens (tertiary/aromatic N) is 3. The third-order valence-corrected chi connectivity index (χ3v) is 2.89. The minimum atomic E-state index is -4.48. The first-order chi connectivity index (χ1) is 9.98. The van der Waals surface area contributed by atoms with Crippen LogP contribution in [-0.2, 0) is 6.18 Å².